The molecule has 0 radical (unpaired) electrons. The predicted octanol–water partition coefficient (Wildman–Crippen LogP) is 5.54. The van der Waals surface area contributed by atoms with Gasteiger partial charge in [0.25, 0.3) is 0 Å². The van der Waals surface area contributed by atoms with E-state index in [0.717, 1.165) is 0 Å². The molecule has 0 heterocycles. The van der Waals surface area contributed by atoms with Crippen molar-refractivity contribution in [2.75, 3.05) is 0 Å². The maximum Gasteiger partial charge on any atom is 0.432 e. The average molecular weight is 350 g/mol. The number of ether oxygens (including phenoxy) is 1. The third-order valence-electron chi connectivity index (χ3n) is 2.92. The molecule has 0 aliphatic carbocycles. The number of rotatable bonds is 4. The van der Waals surface area contributed by atoms with Crippen molar-refractivity contribution in [2.45, 2.75) is 13.0 Å². The van der Waals surface area contributed by atoms with E-state index in [-0.39, 0.29) is 17.7 Å². The smallest absolute Gasteiger partial charge is 0.429 e. The van der Waals surface area contributed by atoms with Gasteiger partial charge >= 0.3 is 6.11 Å². The van der Waals surface area contributed by atoms with Crippen LogP contribution in [-0.4, -0.2) is 0 Å². The molecule has 0 bridgehead atoms. The minimum absolute atomic E-state index is 0.00841. The van der Waals surface area contributed by atoms with Gasteiger partial charge in [0.1, 0.15) is 22.9 Å². The zero-order valence-electron chi connectivity index (χ0n) is 12.0. The first-order chi connectivity index (χ1) is 11.2. The first-order valence-corrected chi connectivity index (χ1v) is 6.49. The van der Waals surface area contributed by atoms with E-state index in [2.05, 4.69) is 4.74 Å². The molecule has 0 fully saturated rings. The van der Waals surface area contributed by atoms with Gasteiger partial charge in [0.15, 0.2) is 17.5 Å². The third kappa shape index (κ3) is 3.52. The second-order valence-corrected chi connectivity index (χ2v) is 4.68. The lowest BCUT2D eigenvalue weighted by Crippen LogP contribution is -2.25. The van der Waals surface area contributed by atoms with Crippen LogP contribution in [0, 0.1) is 29.1 Å². The molecule has 0 aliphatic heterocycles. The number of allylic oxidation sites excluding steroid dienone is 1. The highest BCUT2D eigenvalue weighted by atomic mass is 19.3. The molecule has 0 saturated heterocycles. The molecule has 0 saturated carbocycles. The molecule has 128 valence electrons. The largest absolute Gasteiger partial charge is 0.432 e. The van der Waals surface area contributed by atoms with Crippen LogP contribution in [0.3, 0.4) is 0 Å². The highest BCUT2D eigenvalue weighted by molar-refractivity contribution is 5.50. The highest BCUT2D eigenvalue weighted by Gasteiger charge is 2.41. The Morgan fingerprint density at radius 2 is 1.33 bits per heavy atom. The fourth-order valence-electron chi connectivity index (χ4n) is 1.95. The minimum atomic E-state index is -4.58. The van der Waals surface area contributed by atoms with E-state index in [1.165, 1.54) is 12.2 Å². The molecule has 0 atom stereocenters. The summed E-state index contributed by atoms with van der Waals surface area (Å²) in [6.45, 7) is 1.55. The molecule has 0 amide bonds. The van der Waals surface area contributed by atoms with Crippen molar-refractivity contribution in [1.29, 1.82) is 0 Å². The van der Waals surface area contributed by atoms with Crippen LogP contribution >= 0.6 is 0 Å². The van der Waals surface area contributed by atoms with Crippen LogP contribution in [0.2, 0.25) is 0 Å². The molecule has 24 heavy (non-hydrogen) atoms. The van der Waals surface area contributed by atoms with E-state index in [1.54, 1.807) is 6.92 Å². The van der Waals surface area contributed by atoms with Gasteiger partial charge in [0.05, 0.1) is 0 Å². The summed E-state index contributed by atoms with van der Waals surface area (Å²) >= 11 is 0. The van der Waals surface area contributed by atoms with Gasteiger partial charge < -0.3 is 4.74 Å². The summed E-state index contributed by atoms with van der Waals surface area (Å²) in [7, 11) is 0. The normalized spacial score (nSPS) is 12.0. The Labute approximate surface area is 132 Å². The van der Waals surface area contributed by atoms with Crippen molar-refractivity contribution in [3.05, 3.63) is 70.6 Å². The molecule has 0 aromatic heterocycles. The monoisotopic (exact) mass is 350 g/mol. The molecule has 0 aliphatic rings. The van der Waals surface area contributed by atoms with Crippen LogP contribution < -0.4 is 4.74 Å². The lowest BCUT2D eigenvalue weighted by atomic mass is 10.1. The van der Waals surface area contributed by atoms with Crippen LogP contribution in [-0.2, 0) is 6.11 Å². The second kappa shape index (κ2) is 6.54. The molecule has 2 aromatic rings. The molecule has 0 N–H and O–H groups in total. The topological polar surface area (TPSA) is 9.23 Å². The number of halogens is 7. The predicted molar refractivity (Wildman–Crippen MR) is 71.9 cm³/mol. The lowest BCUT2D eigenvalue weighted by molar-refractivity contribution is -0.189. The van der Waals surface area contributed by atoms with Crippen molar-refractivity contribution in [2.24, 2.45) is 0 Å². The molecule has 0 unspecified atom stereocenters. The van der Waals surface area contributed by atoms with Crippen molar-refractivity contribution < 1.29 is 35.5 Å². The molecule has 8 heteroatoms. The number of hydrogen-bond acceptors (Lipinski definition) is 1. The van der Waals surface area contributed by atoms with Gasteiger partial charge in [0, 0.05) is 12.1 Å². The zero-order chi connectivity index (χ0) is 18.1. The van der Waals surface area contributed by atoms with Crippen molar-refractivity contribution >= 4 is 6.08 Å². The Morgan fingerprint density at radius 3 is 1.79 bits per heavy atom. The maximum absolute atomic E-state index is 14.0. The Balaban J connectivity index is 2.44. The minimum Gasteiger partial charge on any atom is -0.429 e. The van der Waals surface area contributed by atoms with Gasteiger partial charge in [-0.15, -0.1) is 0 Å². The Hall–Kier alpha value is -2.51. The van der Waals surface area contributed by atoms with Crippen molar-refractivity contribution in [3.8, 4) is 5.75 Å². The van der Waals surface area contributed by atoms with E-state index in [1.807, 2.05) is 0 Å². The van der Waals surface area contributed by atoms with Gasteiger partial charge in [-0.05, 0) is 24.6 Å². The SMILES string of the molecule is C/C=C/c1cc(F)c(C(F)(F)Oc2cc(F)c(F)c(F)c2)c(F)c1. The summed E-state index contributed by atoms with van der Waals surface area (Å²) in [5.74, 6) is -9.82. The second-order valence-electron chi connectivity index (χ2n) is 4.68. The molecule has 2 aromatic carbocycles. The lowest BCUT2D eigenvalue weighted by Gasteiger charge is -2.20. The van der Waals surface area contributed by atoms with Gasteiger partial charge in [0.2, 0.25) is 0 Å². The summed E-state index contributed by atoms with van der Waals surface area (Å²) in [6, 6.07) is 1.55. The van der Waals surface area contributed by atoms with Crippen LogP contribution in [0.5, 0.6) is 5.75 Å². The van der Waals surface area contributed by atoms with Gasteiger partial charge in [-0.1, -0.05) is 12.2 Å². The molecular formula is C16H9F7O. The summed E-state index contributed by atoms with van der Waals surface area (Å²) in [5.41, 5.74) is -1.74. The van der Waals surface area contributed by atoms with E-state index in [4.69, 9.17) is 0 Å². The van der Waals surface area contributed by atoms with Gasteiger partial charge in [-0.2, -0.15) is 8.78 Å². The van der Waals surface area contributed by atoms with Crippen LogP contribution in [0.15, 0.2) is 30.3 Å². The first kappa shape index (κ1) is 17.8. The van der Waals surface area contributed by atoms with Gasteiger partial charge in [-0.3, -0.25) is 0 Å². The third-order valence-corrected chi connectivity index (χ3v) is 2.92. The average Bonchev–Trinajstić information content (AvgIpc) is 2.43. The molecular weight excluding hydrogens is 341 g/mol. The van der Waals surface area contributed by atoms with Crippen LogP contribution in [0.1, 0.15) is 18.1 Å². The van der Waals surface area contributed by atoms with Crippen LogP contribution in [0.4, 0.5) is 30.7 Å². The summed E-state index contributed by atoms with van der Waals surface area (Å²) in [6.07, 6.45) is -1.87. The van der Waals surface area contributed by atoms with E-state index < -0.39 is 46.5 Å². The summed E-state index contributed by atoms with van der Waals surface area (Å²) in [5, 5.41) is 0. The van der Waals surface area contributed by atoms with E-state index in [9.17, 15) is 30.7 Å². The Bertz CT molecular complexity index is 753. The van der Waals surface area contributed by atoms with Crippen molar-refractivity contribution in [1.82, 2.24) is 0 Å². The maximum atomic E-state index is 14.0. The van der Waals surface area contributed by atoms with Crippen LogP contribution in [0.25, 0.3) is 6.08 Å². The summed E-state index contributed by atoms with van der Waals surface area (Å²) in [4.78, 5) is 0. The number of benzene rings is 2. The Kier molecular flexibility index (Phi) is 4.86. The standard InChI is InChI=1S/C16H9F7O/c1-2-3-8-4-10(17)14(11(18)5-8)16(22,23)24-9-6-12(19)15(21)13(20)7-9/h2-7H,1H3/b3-2+. The fraction of sp³-hybridized carbons (Fsp3) is 0.125. The fourth-order valence-corrected chi connectivity index (χ4v) is 1.95. The van der Waals surface area contributed by atoms with E-state index >= 15 is 0 Å². The number of hydrogen-bond donors (Lipinski definition) is 0. The zero-order valence-corrected chi connectivity index (χ0v) is 12.0. The number of alkyl halides is 2. The highest BCUT2D eigenvalue weighted by Crippen LogP contribution is 2.36. The summed E-state index contributed by atoms with van der Waals surface area (Å²) < 4.78 is 98.4. The Morgan fingerprint density at radius 1 is 0.833 bits per heavy atom. The molecule has 1 nitrogen and oxygen atoms in total. The quantitative estimate of drug-likeness (QED) is 0.519. The van der Waals surface area contributed by atoms with Crippen molar-refractivity contribution in [3.63, 3.8) is 0 Å². The van der Waals surface area contributed by atoms with E-state index in [0.29, 0.717) is 12.1 Å². The molecule has 2 rings (SSSR count). The molecule has 0 spiro atoms. The van der Waals surface area contributed by atoms with Gasteiger partial charge in [-0.25, -0.2) is 22.0 Å². The first-order valence-electron chi connectivity index (χ1n) is 6.49.